The van der Waals surface area contributed by atoms with E-state index in [0.717, 1.165) is 25.9 Å². The van der Waals surface area contributed by atoms with Crippen LogP contribution in [0.25, 0.3) is 0 Å². The third kappa shape index (κ3) is 2.71. The van der Waals surface area contributed by atoms with E-state index in [2.05, 4.69) is 0 Å². The van der Waals surface area contributed by atoms with E-state index in [9.17, 15) is 10.0 Å². The third-order valence-corrected chi connectivity index (χ3v) is 5.73. The van der Waals surface area contributed by atoms with Gasteiger partial charge in [-0.15, -0.1) is 0 Å². The largest absolute Gasteiger partial charge is 0.618 e. The number of nitrogens with zero attached hydrogens (tertiary/aromatic N) is 2. The lowest BCUT2D eigenvalue weighted by Gasteiger charge is -2.59. The van der Waals surface area contributed by atoms with Crippen LogP contribution in [0.2, 0.25) is 0 Å². The average Bonchev–Trinajstić information content (AvgIpc) is 2.58. The van der Waals surface area contributed by atoms with Gasteiger partial charge in [-0.05, 0) is 32.3 Å². The highest BCUT2D eigenvalue weighted by Crippen LogP contribution is 2.55. The zero-order chi connectivity index (χ0) is 16.4. The van der Waals surface area contributed by atoms with Crippen LogP contribution in [-0.4, -0.2) is 36.6 Å². The van der Waals surface area contributed by atoms with Crippen LogP contribution in [0.15, 0.2) is 24.4 Å². The monoisotopic (exact) mass is 318 g/mol. The molecule has 5 nitrogen and oxygen atoms in total. The second-order valence-corrected chi connectivity index (χ2v) is 6.82. The number of ether oxygens (including phenoxy) is 1. The summed E-state index contributed by atoms with van der Waals surface area (Å²) >= 11 is 0. The number of carbonyl (C=O) groups is 1. The first kappa shape index (κ1) is 16.2. The van der Waals surface area contributed by atoms with Crippen LogP contribution in [-0.2, 0) is 4.74 Å². The van der Waals surface area contributed by atoms with Crippen LogP contribution in [0.4, 0.5) is 0 Å². The van der Waals surface area contributed by atoms with Crippen molar-refractivity contribution in [1.82, 2.24) is 4.90 Å². The lowest BCUT2D eigenvalue weighted by Crippen LogP contribution is -2.66. The minimum absolute atomic E-state index is 0.0845. The van der Waals surface area contributed by atoms with Crippen LogP contribution in [0, 0.1) is 10.6 Å². The molecule has 0 N–H and O–H groups in total. The van der Waals surface area contributed by atoms with Gasteiger partial charge in [-0.25, -0.2) is 0 Å². The van der Waals surface area contributed by atoms with Gasteiger partial charge in [0.05, 0.1) is 6.10 Å². The van der Waals surface area contributed by atoms with Gasteiger partial charge in [-0.2, -0.15) is 4.73 Å². The maximum atomic E-state index is 12.8. The lowest BCUT2D eigenvalue weighted by atomic mass is 9.54. The van der Waals surface area contributed by atoms with Gasteiger partial charge < -0.3 is 14.8 Å². The first-order valence-electron chi connectivity index (χ1n) is 8.67. The topological polar surface area (TPSA) is 56.5 Å². The quantitative estimate of drug-likeness (QED) is 0.633. The summed E-state index contributed by atoms with van der Waals surface area (Å²) in [5.74, 6) is -0.189. The Balaban J connectivity index is 1.80. The number of hydrogen-bond donors (Lipinski definition) is 0. The van der Waals surface area contributed by atoms with Gasteiger partial charge >= 0.3 is 5.91 Å². The van der Waals surface area contributed by atoms with E-state index in [1.54, 1.807) is 23.1 Å². The maximum Gasteiger partial charge on any atom is 0.319 e. The minimum Gasteiger partial charge on any atom is -0.618 e. The van der Waals surface area contributed by atoms with E-state index in [0.29, 0.717) is 4.73 Å². The predicted molar refractivity (Wildman–Crippen MR) is 86.8 cm³/mol. The van der Waals surface area contributed by atoms with Crippen LogP contribution < -0.4 is 4.73 Å². The molecule has 2 saturated carbocycles. The summed E-state index contributed by atoms with van der Waals surface area (Å²) in [6.45, 7) is 2.75. The molecule has 0 saturated heterocycles. The standard InChI is InChI=1S/C18H26N2O3/c1-3-23-16-13-15(18(16)10-6-4-7-11-18)19(2)17(21)14-9-5-8-12-20(14)22/h5,8-9,12,15-16H,3-4,6-7,10-11,13H2,1-2H3/t15-,16+/m1/s1. The van der Waals surface area contributed by atoms with Gasteiger partial charge in [0.2, 0.25) is 0 Å². The first-order chi connectivity index (χ1) is 11.1. The Bertz CT molecular complexity index is 569. The van der Waals surface area contributed by atoms with Gasteiger partial charge in [0.15, 0.2) is 6.20 Å². The second kappa shape index (κ2) is 6.48. The van der Waals surface area contributed by atoms with Gasteiger partial charge in [-0.3, -0.25) is 4.79 Å². The molecular weight excluding hydrogens is 292 g/mol. The smallest absolute Gasteiger partial charge is 0.319 e. The Morgan fingerprint density at radius 1 is 1.39 bits per heavy atom. The first-order valence-corrected chi connectivity index (χ1v) is 8.67. The SMILES string of the molecule is CCO[C@H]1C[C@@H](N(C)C(=O)c2cccc[n+]2[O-])C12CCCCC2. The summed E-state index contributed by atoms with van der Waals surface area (Å²) in [6.07, 6.45) is 8.42. The molecule has 0 aromatic carbocycles. The van der Waals surface area contributed by atoms with Gasteiger partial charge in [0.25, 0.3) is 5.69 Å². The molecule has 0 radical (unpaired) electrons. The van der Waals surface area contributed by atoms with Gasteiger partial charge in [0, 0.05) is 37.2 Å². The van der Waals surface area contributed by atoms with Crippen molar-refractivity contribution in [2.24, 2.45) is 5.41 Å². The fourth-order valence-corrected chi connectivity index (χ4v) is 4.49. The maximum absolute atomic E-state index is 12.8. The number of pyridine rings is 1. The highest BCUT2D eigenvalue weighted by molar-refractivity contribution is 5.91. The second-order valence-electron chi connectivity index (χ2n) is 6.82. The lowest BCUT2D eigenvalue weighted by molar-refractivity contribution is -0.608. The molecule has 1 aromatic heterocycles. The summed E-state index contributed by atoms with van der Waals surface area (Å²) < 4.78 is 6.61. The zero-order valence-electron chi connectivity index (χ0n) is 14.0. The molecule has 1 aromatic rings. The number of carbonyl (C=O) groups excluding carboxylic acids is 1. The van der Waals surface area contributed by atoms with E-state index in [1.807, 2.05) is 14.0 Å². The third-order valence-electron chi connectivity index (χ3n) is 5.73. The average molecular weight is 318 g/mol. The highest BCUT2D eigenvalue weighted by atomic mass is 16.5. The van der Waals surface area contributed by atoms with Gasteiger partial charge in [0.1, 0.15) is 0 Å². The van der Waals surface area contributed by atoms with Crippen LogP contribution in [0.1, 0.15) is 55.9 Å². The molecule has 2 aliphatic carbocycles. The van der Waals surface area contributed by atoms with Crippen molar-refractivity contribution in [2.75, 3.05) is 13.7 Å². The van der Waals surface area contributed by atoms with Crippen molar-refractivity contribution < 1.29 is 14.3 Å². The van der Waals surface area contributed by atoms with E-state index >= 15 is 0 Å². The fourth-order valence-electron chi connectivity index (χ4n) is 4.49. The molecule has 0 aliphatic heterocycles. The van der Waals surface area contributed by atoms with Gasteiger partial charge in [-0.1, -0.05) is 19.3 Å². The highest BCUT2D eigenvalue weighted by Gasteiger charge is 2.58. The Hall–Kier alpha value is -1.62. The van der Waals surface area contributed by atoms with E-state index in [1.165, 1.54) is 25.5 Å². The summed E-state index contributed by atoms with van der Waals surface area (Å²) in [5, 5.41) is 11.9. The number of aromatic nitrogens is 1. The Morgan fingerprint density at radius 2 is 2.13 bits per heavy atom. The normalized spacial score (nSPS) is 25.8. The molecule has 0 bridgehead atoms. The van der Waals surface area contributed by atoms with E-state index in [4.69, 9.17) is 4.74 Å². The molecule has 2 atom stereocenters. The van der Waals surface area contributed by atoms with Crippen LogP contribution in [0.3, 0.4) is 0 Å². The molecule has 5 heteroatoms. The van der Waals surface area contributed by atoms with Crippen molar-refractivity contribution in [3.63, 3.8) is 0 Å². The summed E-state index contributed by atoms with van der Waals surface area (Å²) in [7, 11) is 1.83. The van der Waals surface area contributed by atoms with Crippen molar-refractivity contribution in [3.05, 3.63) is 35.3 Å². The molecule has 126 valence electrons. The van der Waals surface area contributed by atoms with Crippen molar-refractivity contribution >= 4 is 5.91 Å². The molecule has 1 heterocycles. The molecule has 1 amide bonds. The Labute approximate surface area is 137 Å². The van der Waals surface area contributed by atoms with Crippen LogP contribution >= 0.6 is 0 Å². The Morgan fingerprint density at radius 3 is 2.78 bits per heavy atom. The molecule has 2 aliphatic rings. The van der Waals surface area contributed by atoms with Crippen LogP contribution in [0.5, 0.6) is 0 Å². The van der Waals surface area contributed by atoms with Crippen molar-refractivity contribution in [2.45, 2.75) is 57.6 Å². The molecule has 0 unspecified atom stereocenters. The minimum atomic E-state index is -0.189. The molecule has 23 heavy (non-hydrogen) atoms. The number of hydrogen-bond acceptors (Lipinski definition) is 3. The zero-order valence-corrected chi connectivity index (χ0v) is 14.0. The Kier molecular flexibility index (Phi) is 4.57. The molecule has 1 spiro atoms. The summed E-state index contributed by atoms with van der Waals surface area (Å²) in [5.41, 5.74) is 0.280. The van der Waals surface area contributed by atoms with E-state index < -0.39 is 0 Å². The summed E-state index contributed by atoms with van der Waals surface area (Å²) in [6, 6.07) is 5.14. The number of rotatable bonds is 4. The fraction of sp³-hybridized carbons (Fsp3) is 0.667. The van der Waals surface area contributed by atoms with Crippen molar-refractivity contribution in [3.8, 4) is 0 Å². The van der Waals surface area contributed by atoms with E-state index in [-0.39, 0.29) is 29.2 Å². The van der Waals surface area contributed by atoms with Crippen molar-refractivity contribution in [1.29, 1.82) is 0 Å². The molecule has 2 fully saturated rings. The number of amides is 1. The molecular formula is C18H26N2O3. The summed E-state index contributed by atoms with van der Waals surface area (Å²) in [4.78, 5) is 14.5. The molecule has 3 rings (SSSR count). The predicted octanol–water partition coefficient (Wildman–Crippen LogP) is 2.52.